The highest BCUT2D eigenvalue weighted by Gasteiger charge is 2.16. The summed E-state index contributed by atoms with van der Waals surface area (Å²) in [5.41, 5.74) is 1.32. The van der Waals surface area contributed by atoms with Crippen LogP contribution in [0.4, 0.5) is 0 Å². The lowest BCUT2D eigenvalue weighted by Gasteiger charge is -2.24. The Kier molecular flexibility index (Phi) is 3.50. The molecule has 1 unspecified atom stereocenters. The molecule has 2 aromatic rings. The van der Waals surface area contributed by atoms with E-state index in [0.29, 0.717) is 31.9 Å². The van der Waals surface area contributed by atoms with Crippen LogP contribution < -0.4 is 5.56 Å². The van der Waals surface area contributed by atoms with Crippen LogP contribution in [0.5, 0.6) is 0 Å². The summed E-state index contributed by atoms with van der Waals surface area (Å²) in [4.78, 5) is 12.1. The van der Waals surface area contributed by atoms with Crippen LogP contribution >= 0.6 is 0 Å². The van der Waals surface area contributed by atoms with E-state index in [2.05, 4.69) is 6.07 Å². The second kappa shape index (κ2) is 5.45. The Hall–Kier alpha value is -2.16. The zero-order valence-electron chi connectivity index (χ0n) is 10.9. The van der Waals surface area contributed by atoms with E-state index >= 15 is 0 Å². The van der Waals surface area contributed by atoms with E-state index in [9.17, 15) is 4.79 Å². The van der Waals surface area contributed by atoms with Crippen LogP contribution in [0.15, 0.2) is 35.1 Å². The molecule has 1 saturated heterocycles. The van der Waals surface area contributed by atoms with Crippen molar-refractivity contribution in [3.63, 3.8) is 0 Å². The Morgan fingerprint density at radius 3 is 2.95 bits per heavy atom. The molecule has 3 rings (SSSR count). The van der Waals surface area contributed by atoms with E-state index in [0.717, 1.165) is 10.9 Å². The molecule has 2 heterocycles. The van der Waals surface area contributed by atoms with Crippen molar-refractivity contribution >= 4 is 10.9 Å². The number of aromatic nitrogens is 1. The standard InChI is InChI=1S/C15H14N2O3/c16-8-11-1-3-14-12(7-11)2-4-15(18)17(14)9-13-10-19-5-6-20-13/h1-4,7,13H,5-6,9-10H2. The molecule has 0 aliphatic carbocycles. The average molecular weight is 270 g/mol. The third-order valence-corrected chi connectivity index (χ3v) is 3.39. The number of nitriles is 1. The SMILES string of the molecule is N#Cc1ccc2c(ccc(=O)n2CC2COCCO2)c1. The molecule has 1 fully saturated rings. The van der Waals surface area contributed by atoms with Crippen LogP contribution in [0, 0.1) is 11.3 Å². The summed E-state index contributed by atoms with van der Waals surface area (Å²) in [6.45, 7) is 2.12. The van der Waals surface area contributed by atoms with Gasteiger partial charge in [-0.2, -0.15) is 5.26 Å². The van der Waals surface area contributed by atoms with Gasteiger partial charge in [0.05, 0.1) is 49.6 Å². The van der Waals surface area contributed by atoms with Crippen molar-refractivity contribution in [1.82, 2.24) is 4.57 Å². The van der Waals surface area contributed by atoms with Gasteiger partial charge in [0.15, 0.2) is 0 Å². The van der Waals surface area contributed by atoms with Crippen LogP contribution in [0.3, 0.4) is 0 Å². The third kappa shape index (κ3) is 2.44. The van der Waals surface area contributed by atoms with Crippen molar-refractivity contribution in [2.45, 2.75) is 12.6 Å². The molecule has 1 atom stereocenters. The maximum atomic E-state index is 12.1. The number of rotatable bonds is 2. The molecular weight excluding hydrogens is 256 g/mol. The summed E-state index contributed by atoms with van der Waals surface area (Å²) in [6, 6.07) is 10.7. The Morgan fingerprint density at radius 2 is 2.20 bits per heavy atom. The Balaban J connectivity index is 2.02. The summed E-state index contributed by atoms with van der Waals surface area (Å²) in [6.07, 6.45) is -0.109. The zero-order valence-corrected chi connectivity index (χ0v) is 10.9. The van der Waals surface area contributed by atoms with E-state index in [-0.39, 0.29) is 11.7 Å². The minimum Gasteiger partial charge on any atom is -0.376 e. The van der Waals surface area contributed by atoms with Crippen LogP contribution in [0.1, 0.15) is 5.56 Å². The molecule has 1 aliphatic rings. The first kappa shape index (κ1) is 12.9. The van der Waals surface area contributed by atoms with Gasteiger partial charge >= 0.3 is 0 Å². The smallest absolute Gasteiger partial charge is 0.251 e. The normalized spacial score (nSPS) is 18.9. The summed E-state index contributed by atoms with van der Waals surface area (Å²) >= 11 is 0. The quantitative estimate of drug-likeness (QED) is 0.824. The number of hydrogen-bond donors (Lipinski definition) is 0. The molecule has 0 radical (unpaired) electrons. The second-order valence-electron chi connectivity index (χ2n) is 4.74. The lowest BCUT2D eigenvalue weighted by atomic mass is 10.1. The average Bonchev–Trinajstić information content (AvgIpc) is 2.50. The van der Waals surface area contributed by atoms with E-state index in [1.807, 2.05) is 0 Å². The van der Waals surface area contributed by atoms with Crippen LogP contribution in [0.2, 0.25) is 0 Å². The summed E-state index contributed by atoms with van der Waals surface area (Å²) in [5.74, 6) is 0. The Labute approximate surface area is 116 Å². The maximum Gasteiger partial charge on any atom is 0.251 e. The van der Waals surface area contributed by atoms with Crippen molar-refractivity contribution in [2.24, 2.45) is 0 Å². The summed E-state index contributed by atoms with van der Waals surface area (Å²) in [5, 5.41) is 9.80. The third-order valence-electron chi connectivity index (χ3n) is 3.39. The second-order valence-corrected chi connectivity index (χ2v) is 4.74. The molecule has 0 bridgehead atoms. The van der Waals surface area contributed by atoms with Crippen molar-refractivity contribution in [3.8, 4) is 6.07 Å². The first-order valence-electron chi connectivity index (χ1n) is 6.51. The van der Waals surface area contributed by atoms with Gasteiger partial charge in [0.1, 0.15) is 0 Å². The van der Waals surface area contributed by atoms with Gasteiger partial charge in [-0.15, -0.1) is 0 Å². The molecule has 0 saturated carbocycles. The Bertz CT molecular complexity index is 724. The summed E-state index contributed by atoms with van der Waals surface area (Å²) in [7, 11) is 0. The van der Waals surface area contributed by atoms with Gasteiger partial charge in [-0.25, -0.2) is 0 Å². The number of hydrogen-bond acceptors (Lipinski definition) is 4. The predicted molar refractivity (Wildman–Crippen MR) is 73.5 cm³/mol. The highest BCUT2D eigenvalue weighted by molar-refractivity contribution is 5.80. The van der Waals surface area contributed by atoms with E-state index in [1.165, 1.54) is 6.07 Å². The number of benzene rings is 1. The highest BCUT2D eigenvalue weighted by atomic mass is 16.6. The molecule has 0 spiro atoms. The van der Waals surface area contributed by atoms with Crippen molar-refractivity contribution < 1.29 is 9.47 Å². The first-order chi connectivity index (χ1) is 9.78. The van der Waals surface area contributed by atoms with Gasteiger partial charge in [-0.3, -0.25) is 4.79 Å². The molecule has 20 heavy (non-hydrogen) atoms. The van der Waals surface area contributed by atoms with Gasteiger partial charge in [0, 0.05) is 6.07 Å². The van der Waals surface area contributed by atoms with Crippen molar-refractivity contribution in [3.05, 3.63) is 46.2 Å². The first-order valence-corrected chi connectivity index (χ1v) is 6.51. The molecule has 0 amide bonds. The fraction of sp³-hybridized carbons (Fsp3) is 0.333. The lowest BCUT2D eigenvalue weighted by Crippen LogP contribution is -2.35. The van der Waals surface area contributed by atoms with Gasteiger partial charge in [-0.05, 0) is 29.7 Å². The van der Waals surface area contributed by atoms with E-state index < -0.39 is 0 Å². The van der Waals surface area contributed by atoms with Crippen LogP contribution in [-0.4, -0.2) is 30.5 Å². The molecule has 1 aliphatic heterocycles. The maximum absolute atomic E-state index is 12.1. The van der Waals surface area contributed by atoms with Crippen LogP contribution in [0.25, 0.3) is 10.9 Å². The van der Waals surface area contributed by atoms with Gasteiger partial charge in [0.25, 0.3) is 5.56 Å². The van der Waals surface area contributed by atoms with Gasteiger partial charge in [-0.1, -0.05) is 0 Å². The molecule has 102 valence electrons. The molecular formula is C15H14N2O3. The zero-order chi connectivity index (χ0) is 13.9. The number of nitrogens with zero attached hydrogens (tertiary/aromatic N) is 2. The van der Waals surface area contributed by atoms with Crippen LogP contribution in [-0.2, 0) is 16.0 Å². The van der Waals surface area contributed by atoms with Gasteiger partial charge in [0.2, 0.25) is 0 Å². The topological polar surface area (TPSA) is 64.2 Å². The minimum absolute atomic E-state index is 0.0728. The number of fused-ring (bicyclic) bond motifs is 1. The predicted octanol–water partition coefficient (Wildman–Crippen LogP) is 1.29. The van der Waals surface area contributed by atoms with E-state index in [1.54, 1.807) is 28.8 Å². The van der Waals surface area contributed by atoms with E-state index in [4.69, 9.17) is 14.7 Å². The molecule has 5 heteroatoms. The minimum atomic E-state index is -0.109. The fourth-order valence-corrected chi connectivity index (χ4v) is 2.41. The largest absolute Gasteiger partial charge is 0.376 e. The molecule has 1 aromatic carbocycles. The van der Waals surface area contributed by atoms with Gasteiger partial charge < -0.3 is 14.0 Å². The molecule has 1 aromatic heterocycles. The lowest BCUT2D eigenvalue weighted by molar-refractivity contribution is -0.0934. The molecule has 5 nitrogen and oxygen atoms in total. The monoisotopic (exact) mass is 270 g/mol. The molecule has 0 N–H and O–H groups in total. The fourth-order valence-electron chi connectivity index (χ4n) is 2.41. The van der Waals surface area contributed by atoms with Crippen molar-refractivity contribution in [2.75, 3.05) is 19.8 Å². The summed E-state index contributed by atoms with van der Waals surface area (Å²) < 4.78 is 12.6. The van der Waals surface area contributed by atoms with Crippen molar-refractivity contribution in [1.29, 1.82) is 5.26 Å². The number of ether oxygens (including phenoxy) is 2. The Morgan fingerprint density at radius 1 is 1.30 bits per heavy atom. The highest BCUT2D eigenvalue weighted by Crippen LogP contribution is 2.15. The number of pyridine rings is 1.